The van der Waals surface area contributed by atoms with Crippen molar-refractivity contribution in [3.63, 3.8) is 0 Å². The lowest BCUT2D eigenvalue weighted by atomic mass is 10.2. The van der Waals surface area contributed by atoms with Crippen molar-refractivity contribution >= 4 is 35.1 Å². The summed E-state index contributed by atoms with van der Waals surface area (Å²) in [6.07, 6.45) is 1.68. The molecule has 0 saturated heterocycles. The highest BCUT2D eigenvalue weighted by Gasteiger charge is 2.09. The van der Waals surface area contributed by atoms with Crippen LogP contribution in [0.4, 0.5) is 5.82 Å². The van der Waals surface area contributed by atoms with Gasteiger partial charge in [-0.25, -0.2) is 4.68 Å². The van der Waals surface area contributed by atoms with Crippen LogP contribution in [0.25, 0.3) is 0 Å². The molecule has 2 aromatic carbocycles. The summed E-state index contributed by atoms with van der Waals surface area (Å²) in [6.45, 7) is 2.62. The van der Waals surface area contributed by atoms with E-state index in [1.54, 1.807) is 16.9 Å². The van der Waals surface area contributed by atoms with Crippen LogP contribution in [-0.2, 0) is 11.3 Å². The number of nitrogens with zero attached hydrogens (tertiary/aromatic N) is 2. The third-order valence-electron chi connectivity index (χ3n) is 3.68. The molecule has 0 atom stereocenters. The molecule has 128 valence electrons. The number of hydrogen-bond donors (Lipinski definition) is 1. The van der Waals surface area contributed by atoms with Crippen LogP contribution in [0.15, 0.2) is 65.7 Å². The number of halogens is 1. The van der Waals surface area contributed by atoms with Gasteiger partial charge >= 0.3 is 0 Å². The van der Waals surface area contributed by atoms with Crippen LogP contribution >= 0.6 is 23.4 Å². The van der Waals surface area contributed by atoms with Gasteiger partial charge in [0.15, 0.2) is 0 Å². The van der Waals surface area contributed by atoms with Gasteiger partial charge < -0.3 is 5.32 Å². The molecule has 1 amide bonds. The van der Waals surface area contributed by atoms with Crippen molar-refractivity contribution in [3.05, 3.63) is 76.9 Å². The van der Waals surface area contributed by atoms with Crippen LogP contribution in [0, 0.1) is 6.92 Å². The zero-order chi connectivity index (χ0) is 17.6. The minimum Gasteiger partial charge on any atom is -0.310 e. The fourth-order valence-electron chi connectivity index (χ4n) is 2.37. The second kappa shape index (κ2) is 8.23. The topological polar surface area (TPSA) is 46.9 Å². The molecule has 3 rings (SSSR count). The number of carbonyl (C=O) groups excluding carboxylic acids is 1. The van der Waals surface area contributed by atoms with Crippen molar-refractivity contribution in [1.82, 2.24) is 9.78 Å². The van der Waals surface area contributed by atoms with Gasteiger partial charge in [0.2, 0.25) is 5.91 Å². The van der Waals surface area contributed by atoms with Crippen LogP contribution in [0.2, 0.25) is 5.02 Å². The maximum atomic E-state index is 12.3. The standard InChI is InChI=1S/C19H18ClN3OS/c1-14-4-2-3-5-17(14)25-13-19(24)22-18-10-11-21-23(18)12-15-6-8-16(20)9-7-15/h2-11H,12-13H2,1H3,(H,22,24). The van der Waals surface area contributed by atoms with Crippen LogP contribution in [0.1, 0.15) is 11.1 Å². The zero-order valence-electron chi connectivity index (χ0n) is 13.8. The largest absolute Gasteiger partial charge is 0.310 e. The summed E-state index contributed by atoms with van der Waals surface area (Å²) in [6, 6.07) is 17.4. The van der Waals surface area contributed by atoms with Gasteiger partial charge in [-0.1, -0.05) is 41.9 Å². The summed E-state index contributed by atoms with van der Waals surface area (Å²) in [5, 5.41) is 7.91. The second-order valence-electron chi connectivity index (χ2n) is 5.60. The Morgan fingerprint density at radius 3 is 2.68 bits per heavy atom. The van der Waals surface area contributed by atoms with E-state index >= 15 is 0 Å². The number of rotatable bonds is 6. The van der Waals surface area contributed by atoms with Gasteiger partial charge in [-0.3, -0.25) is 4.79 Å². The van der Waals surface area contributed by atoms with Gasteiger partial charge in [0.05, 0.1) is 18.5 Å². The average molecular weight is 372 g/mol. The second-order valence-corrected chi connectivity index (χ2v) is 7.06. The number of hydrogen-bond acceptors (Lipinski definition) is 3. The molecule has 0 saturated carbocycles. The van der Waals surface area contributed by atoms with Crippen molar-refractivity contribution in [3.8, 4) is 0 Å². The van der Waals surface area contributed by atoms with Gasteiger partial charge in [0.1, 0.15) is 5.82 Å². The van der Waals surface area contributed by atoms with E-state index in [9.17, 15) is 4.79 Å². The van der Waals surface area contributed by atoms with Crippen molar-refractivity contribution in [2.75, 3.05) is 11.1 Å². The monoisotopic (exact) mass is 371 g/mol. The summed E-state index contributed by atoms with van der Waals surface area (Å²) < 4.78 is 1.76. The van der Waals surface area contributed by atoms with Crippen LogP contribution < -0.4 is 5.32 Å². The number of aromatic nitrogens is 2. The van der Waals surface area contributed by atoms with E-state index in [1.807, 2.05) is 55.5 Å². The van der Waals surface area contributed by atoms with E-state index in [1.165, 1.54) is 17.3 Å². The van der Waals surface area contributed by atoms with Crippen molar-refractivity contribution in [1.29, 1.82) is 0 Å². The molecule has 0 aliphatic carbocycles. The first-order valence-corrected chi connectivity index (χ1v) is 9.23. The molecule has 0 radical (unpaired) electrons. The van der Waals surface area contributed by atoms with Crippen LogP contribution in [-0.4, -0.2) is 21.4 Å². The summed E-state index contributed by atoms with van der Waals surface area (Å²) in [5.74, 6) is 0.994. The van der Waals surface area contributed by atoms with Gasteiger partial charge in [-0.2, -0.15) is 5.10 Å². The number of amides is 1. The Morgan fingerprint density at radius 2 is 1.92 bits per heavy atom. The first kappa shape index (κ1) is 17.6. The summed E-state index contributed by atoms with van der Waals surface area (Å²) in [4.78, 5) is 13.4. The molecule has 0 aliphatic heterocycles. The number of aryl methyl sites for hydroxylation is 1. The molecule has 3 aromatic rings. The van der Waals surface area contributed by atoms with Crippen LogP contribution in [0.3, 0.4) is 0 Å². The van der Waals surface area contributed by atoms with Crippen molar-refractivity contribution in [2.24, 2.45) is 0 Å². The minimum atomic E-state index is -0.0499. The van der Waals surface area contributed by atoms with E-state index in [0.29, 0.717) is 23.1 Å². The first-order chi connectivity index (χ1) is 12.1. The third-order valence-corrected chi connectivity index (χ3v) is 5.11. The smallest absolute Gasteiger partial charge is 0.235 e. The lowest BCUT2D eigenvalue weighted by Crippen LogP contribution is -2.17. The molecule has 1 N–H and O–H groups in total. The molecule has 0 bridgehead atoms. The first-order valence-electron chi connectivity index (χ1n) is 7.86. The molecule has 1 aromatic heterocycles. The summed E-state index contributed by atoms with van der Waals surface area (Å²) >= 11 is 7.44. The zero-order valence-corrected chi connectivity index (χ0v) is 15.3. The maximum Gasteiger partial charge on any atom is 0.235 e. The normalized spacial score (nSPS) is 10.6. The lowest BCUT2D eigenvalue weighted by Gasteiger charge is -2.10. The third kappa shape index (κ3) is 4.87. The van der Waals surface area contributed by atoms with Crippen molar-refractivity contribution in [2.45, 2.75) is 18.4 Å². The van der Waals surface area contributed by atoms with Crippen molar-refractivity contribution < 1.29 is 4.79 Å². The fraction of sp³-hybridized carbons (Fsp3) is 0.158. The molecular formula is C19H18ClN3OS. The Kier molecular flexibility index (Phi) is 5.79. The highest BCUT2D eigenvalue weighted by atomic mass is 35.5. The van der Waals surface area contributed by atoms with Gasteiger partial charge in [-0.15, -0.1) is 11.8 Å². The van der Waals surface area contributed by atoms with E-state index in [4.69, 9.17) is 11.6 Å². The quantitative estimate of drug-likeness (QED) is 0.643. The highest BCUT2D eigenvalue weighted by Crippen LogP contribution is 2.22. The molecule has 0 spiro atoms. The number of anilines is 1. The Balaban J connectivity index is 1.59. The molecule has 0 fully saturated rings. The lowest BCUT2D eigenvalue weighted by molar-refractivity contribution is -0.113. The molecule has 0 unspecified atom stereocenters. The Morgan fingerprint density at radius 1 is 1.16 bits per heavy atom. The molecule has 1 heterocycles. The Bertz CT molecular complexity index is 861. The van der Waals surface area contributed by atoms with E-state index in [-0.39, 0.29) is 5.91 Å². The molecule has 25 heavy (non-hydrogen) atoms. The molecular weight excluding hydrogens is 354 g/mol. The van der Waals surface area contributed by atoms with E-state index in [0.717, 1.165) is 10.5 Å². The molecule has 4 nitrogen and oxygen atoms in total. The number of nitrogens with one attached hydrogen (secondary N) is 1. The van der Waals surface area contributed by atoms with Gasteiger partial charge in [0, 0.05) is 16.0 Å². The average Bonchev–Trinajstić information content (AvgIpc) is 3.03. The SMILES string of the molecule is Cc1ccccc1SCC(=O)Nc1ccnn1Cc1ccc(Cl)cc1. The summed E-state index contributed by atoms with van der Waals surface area (Å²) in [5.41, 5.74) is 2.24. The number of benzene rings is 2. The minimum absolute atomic E-state index is 0.0499. The predicted octanol–water partition coefficient (Wildman–Crippen LogP) is 4.62. The van der Waals surface area contributed by atoms with Gasteiger partial charge in [-0.05, 0) is 36.2 Å². The summed E-state index contributed by atoms with van der Waals surface area (Å²) in [7, 11) is 0. The number of carbonyl (C=O) groups is 1. The van der Waals surface area contributed by atoms with E-state index in [2.05, 4.69) is 10.4 Å². The molecule has 6 heteroatoms. The maximum absolute atomic E-state index is 12.3. The Hall–Kier alpha value is -2.24. The fourth-order valence-corrected chi connectivity index (χ4v) is 3.32. The molecule has 0 aliphatic rings. The van der Waals surface area contributed by atoms with Crippen LogP contribution in [0.5, 0.6) is 0 Å². The van der Waals surface area contributed by atoms with E-state index < -0.39 is 0 Å². The predicted molar refractivity (Wildman–Crippen MR) is 103 cm³/mol. The highest BCUT2D eigenvalue weighted by molar-refractivity contribution is 8.00. The Labute approximate surface area is 156 Å². The van der Waals surface area contributed by atoms with Gasteiger partial charge in [0.25, 0.3) is 0 Å². The number of thioether (sulfide) groups is 1.